The standard InChI is InChI=1S/C40H42F6N4O5S.CH4O/c1-2-6-33-38(55-28-20-34(56-24-28)40(44,45)46,12-5-16-50(33)35(52)29-21-48-15-11-30(29)39(41,42)43)36(53)49-17-13-37(25-47,14-18-49)31-7-3-4-8-32(31)54-23-27-10-9-26(19-27)22-51;1-2/h3-4,7-8,11,15,20-22,24,26-27,33H,2,5-6,9-10,12-14,16-19,23H2,1H3;2H,1H3. The number of amides is 2. The second-order valence-corrected chi connectivity index (χ2v) is 15.7. The van der Waals surface area contributed by atoms with Crippen molar-refractivity contribution in [2.75, 3.05) is 33.4 Å². The molecule has 6 rings (SSSR count). The second kappa shape index (κ2) is 18.5. The van der Waals surface area contributed by atoms with Gasteiger partial charge in [-0.05, 0) is 63.0 Å². The van der Waals surface area contributed by atoms with Gasteiger partial charge in [0.15, 0.2) is 0 Å². The van der Waals surface area contributed by atoms with E-state index in [4.69, 9.17) is 14.6 Å². The first kappa shape index (κ1) is 44.4. The van der Waals surface area contributed by atoms with Crippen LogP contribution in [0.25, 0.3) is 0 Å². The highest BCUT2D eigenvalue weighted by Crippen LogP contribution is 2.45. The number of nitrogens with zero attached hydrogens (tertiary/aromatic N) is 4. The minimum atomic E-state index is -4.89. The minimum absolute atomic E-state index is 0.00357. The molecule has 4 unspecified atom stereocenters. The molecule has 0 spiro atoms. The number of halogens is 6. The first-order valence-corrected chi connectivity index (χ1v) is 20.0. The van der Waals surface area contributed by atoms with Gasteiger partial charge >= 0.3 is 12.4 Å². The van der Waals surface area contributed by atoms with E-state index in [1.54, 1.807) is 25.1 Å². The van der Waals surface area contributed by atoms with Gasteiger partial charge in [0.2, 0.25) is 5.60 Å². The highest BCUT2D eigenvalue weighted by molar-refractivity contribution is 7.10. The maximum atomic E-state index is 15.0. The Labute approximate surface area is 336 Å². The summed E-state index contributed by atoms with van der Waals surface area (Å²) < 4.78 is 96.1. The lowest BCUT2D eigenvalue weighted by molar-refractivity contribution is -0.160. The molecule has 0 bridgehead atoms. The number of rotatable bonds is 11. The van der Waals surface area contributed by atoms with Gasteiger partial charge in [0, 0.05) is 68.5 Å². The van der Waals surface area contributed by atoms with Gasteiger partial charge < -0.3 is 29.2 Å². The van der Waals surface area contributed by atoms with Crippen LogP contribution in [0.2, 0.25) is 0 Å². The fourth-order valence-corrected chi connectivity index (χ4v) is 9.16. The average molecular weight is 837 g/mol. The molecule has 0 radical (unpaired) electrons. The number of alkyl halides is 6. The van der Waals surface area contributed by atoms with Crippen LogP contribution < -0.4 is 9.47 Å². The number of aromatic nitrogens is 1. The van der Waals surface area contributed by atoms with Crippen LogP contribution in [0.4, 0.5) is 26.3 Å². The summed E-state index contributed by atoms with van der Waals surface area (Å²) in [7, 11) is 1.00. The number of hydrogen-bond acceptors (Lipinski definition) is 9. The van der Waals surface area contributed by atoms with Gasteiger partial charge in [-0.15, -0.1) is 11.3 Å². The number of piperidine rings is 2. The summed E-state index contributed by atoms with van der Waals surface area (Å²) in [5, 5.41) is 18.8. The number of benzene rings is 1. The number of carbonyl (C=O) groups excluding carboxylic acids is 3. The number of aliphatic hydroxyl groups is 1. The van der Waals surface area contributed by atoms with E-state index < -0.39 is 57.2 Å². The molecule has 2 aliphatic heterocycles. The number of thiophene rings is 1. The zero-order valence-corrected chi connectivity index (χ0v) is 33.0. The molecule has 58 heavy (non-hydrogen) atoms. The van der Waals surface area contributed by atoms with Crippen LogP contribution in [0.3, 0.4) is 0 Å². The van der Waals surface area contributed by atoms with Crippen molar-refractivity contribution in [1.29, 1.82) is 5.26 Å². The van der Waals surface area contributed by atoms with Gasteiger partial charge in [-0.2, -0.15) is 31.6 Å². The van der Waals surface area contributed by atoms with Crippen molar-refractivity contribution in [2.45, 2.75) is 94.1 Å². The molecule has 3 aromatic rings. The third kappa shape index (κ3) is 9.28. The Bertz CT molecular complexity index is 1940. The zero-order chi connectivity index (χ0) is 42.3. The molecule has 4 heterocycles. The van der Waals surface area contributed by atoms with Crippen molar-refractivity contribution in [3.05, 3.63) is 75.7 Å². The Morgan fingerprint density at radius 1 is 1.05 bits per heavy atom. The Kier molecular flexibility index (Phi) is 14.2. The lowest BCUT2D eigenvalue weighted by Crippen LogP contribution is -2.68. The molecule has 3 aliphatic rings. The highest BCUT2D eigenvalue weighted by Gasteiger charge is 2.57. The number of nitriles is 1. The summed E-state index contributed by atoms with van der Waals surface area (Å²) in [6.45, 7) is 2.19. The molecule has 2 aromatic heterocycles. The van der Waals surface area contributed by atoms with Crippen molar-refractivity contribution in [3.63, 3.8) is 0 Å². The number of para-hydroxylation sites is 1. The Morgan fingerprint density at radius 3 is 2.40 bits per heavy atom. The van der Waals surface area contributed by atoms with E-state index in [9.17, 15) is 41.2 Å². The first-order chi connectivity index (χ1) is 27.7. The maximum absolute atomic E-state index is 15.0. The largest absolute Gasteiger partial charge is 0.493 e. The van der Waals surface area contributed by atoms with Crippen LogP contribution >= 0.6 is 11.3 Å². The monoisotopic (exact) mass is 836 g/mol. The number of hydrogen-bond donors (Lipinski definition) is 1. The molecule has 17 heteroatoms. The van der Waals surface area contributed by atoms with Gasteiger partial charge in [0.25, 0.3) is 11.8 Å². The summed E-state index contributed by atoms with van der Waals surface area (Å²) >= 11 is 0.377. The third-order valence-electron chi connectivity index (χ3n) is 11.3. The summed E-state index contributed by atoms with van der Waals surface area (Å²) in [6, 6.07) is 9.97. The number of likely N-dealkylation sites (tertiary alicyclic amines) is 2. The fourth-order valence-electron chi connectivity index (χ4n) is 8.49. The Balaban J connectivity index is 0.00000315. The second-order valence-electron chi connectivity index (χ2n) is 14.8. The van der Waals surface area contributed by atoms with Crippen LogP contribution in [0, 0.1) is 23.2 Å². The van der Waals surface area contributed by atoms with Crippen molar-refractivity contribution in [3.8, 4) is 17.6 Å². The topological polar surface area (TPSA) is 133 Å². The van der Waals surface area contributed by atoms with Crippen molar-refractivity contribution in [1.82, 2.24) is 14.8 Å². The molecule has 1 saturated carbocycles. The highest BCUT2D eigenvalue weighted by atomic mass is 32.1. The van der Waals surface area contributed by atoms with Crippen LogP contribution in [-0.4, -0.2) is 83.0 Å². The molecule has 2 saturated heterocycles. The number of aliphatic hydroxyl groups excluding tert-OH is 1. The summed E-state index contributed by atoms with van der Waals surface area (Å²) in [6.07, 6.45) is -3.62. The molecule has 10 nitrogen and oxygen atoms in total. The molecule has 1 aliphatic carbocycles. The summed E-state index contributed by atoms with van der Waals surface area (Å²) in [5.74, 6) is -1.18. The van der Waals surface area contributed by atoms with Gasteiger partial charge in [-0.1, -0.05) is 31.5 Å². The van der Waals surface area contributed by atoms with Crippen LogP contribution in [0.1, 0.15) is 91.1 Å². The average Bonchev–Trinajstić information content (AvgIpc) is 3.91. The SMILES string of the molecule is CCCC1N(C(=O)c2cnccc2C(F)(F)F)CCCC1(Oc1csc(C(F)(F)F)c1)C(=O)N1CCC(C#N)(c2ccccc2OCC2CCC(C=O)C2)CC1.CO. The molecule has 314 valence electrons. The van der Waals surface area contributed by atoms with Crippen LogP contribution in [-0.2, 0) is 27.4 Å². The number of ether oxygens (including phenoxy) is 2. The zero-order valence-electron chi connectivity index (χ0n) is 32.2. The van der Waals surface area contributed by atoms with Crippen molar-refractivity contribution in [2.24, 2.45) is 11.8 Å². The van der Waals surface area contributed by atoms with E-state index in [0.717, 1.165) is 56.5 Å². The fraction of sp³-hybridized carbons (Fsp3) is 0.537. The molecule has 2 amide bonds. The molecular weight excluding hydrogens is 791 g/mol. The quantitative estimate of drug-likeness (QED) is 0.152. The van der Waals surface area contributed by atoms with Gasteiger partial charge in [-0.25, -0.2) is 0 Å². The number of aldehydes is 1. The summed E-state index contributed by atoms with van der Waals surface area (Å²) in [4.78, 5) is 45.9. The van der Waals surface area contributed by atoms with E-state index in [0.29, 0.717) is 41.7 Å². The van der Waals surface area contributed by atoms with Crippen LogP contribution in [0.15, 0.2) is 54.2 Å². The third-order valence-corrected chi connectivity index (χ3v) is 12.3. The van der Waals surface area contributed by atoms with Gasteiger partial charge in [-0.3, -0.25) is 14.6 Å². The number of carbonyl (C=O) groups is 3. The smallest absolute Gasteiger partial charge is 0.425 e. The normalized spacial score (nSPS) is 23.3. The van der Waals surface area contributed by atoms with E-state index >= 15 is 4.79 Å². The Hall–Kier alpha value is -4.69. The maximum Gasteiger partial charge on any atom is 0.425 e. The van der Waals surface area contributed by atoms with E-state index in [2.05, 4.69) is 11.1 Å². The lowest BCUT2D eigenvalue weighted by atomic mass is 9.72. The predicted octanol–water partition coefficient (Wildman–Crippen LogP) is 8.09. The molecular formula is C41H46F6N4O6S. The molecule has 1 N–H and O–H groups in total. The molecule has 4 atom stereocenters. The van der Waals surface area contributed by atoms with Crippen molar-refractivity contribution >= 4 is 29.4 Å². The van der Waals surface area contributed by atoms with Gasteiger partial charge in [0.1, 0.15) is 22.7 Å². The Morgan fingerprint density at radius 2 is 1.78 bits per heavy atom. The van der Waals surface area contributed by atoms with Crippen LogP contribution in [0.5, 0.6) is 11.5 Å². The van der Waals surface area contributed by atoms with E-state index in [1.165, 1.54) is 9.80 Å². The number of pyridine rings is 1. The molecule has 3 fully saturated rings. The van der Waals surface area contributed by atoms with Crippen molar-refractivity contribution < 1.29 is 55.3 Å². The summed E-state index contributed by atoms with van der Waals surface area (Å²) in [5.41, 5.74) is -4.30. The van der Waals surface area contributed by atoms with E-state index in [-0.39, 0.29) is 69.3 Å². The minimum Gasteiger partial charge on any atom is -0.493 e. The molecule has 1 aromatic carbocycles. The first-order valence-electron chi connectivity index (χ1n) is 19.2. The lowest BCUT2D eigenvalue weighted by Gasteiger charge is -2.51. The van der Waals surface area contributed by atoms with E-state index in [1.807, 2.05) is 6.07 Å². The van der Waals surface area contributed by atoms with Gasteiger partial charge in [0.05, 0.1) is 35.3 Å². The predicted molar refractivity (Wildman–Crippen MR) is 201 cm³/mol.